The fourth-order valence-electron chi connectivity index (χ4n) is 7.16. The van der Waals surface area contributed by atoms with Gasteiger partial charge in [-0.05, 0) is 82.5 Å². The second-order valence-electron chi connectivity index (χ2n) is 17.0. The van der Waals surface area contributed by atoms with Crippen molar-refractivity contribution in [2.45, 2.75) is 163 Å². The molecule has 8 unspecified atom stereocenters. The van der Waals surface area contributed by atoms with Gasteiger partial charge in [-0.25, -0.2) is 4.79 Å². The summed E-state index contributed by atoms with van der Waals surface area (Å²) in [7, 11) is 0. The highest BCUT2D eigenvalue weighted by Gasteiger charge is 2.40. The summed E-state index contributed by atoms with van der Waals surface area (Å²) < 4.78 is 0. The summed E-state index contributed by atoms with van der Waals surface area (Å²) in [5.41, 5.74) is 6.16. The third kappa shape index (κ3) is 14.0. The van der Waals surface area contributed by atoms with Crippen LogP contribution < -0.4 is 32.3 Å². The number of nitrogens with two attached hydrogens (primary N) is 1. The minimum atomic E-state index is -1.11. The summed E-state index contributed by atoms with van der Waals surface area (Å²) in [5.74, 6) is -5.26. The van der Waals surface area contributed by atoms with Gasteiger partial charge in [0.25, 0.3) is 0 Å². The van der Waals surface area contributed by atoms with Gasteiger partial charge >= 0.3 is 5.97 Å². The normalized spacial score (nSPS) is 20.3. The van der Waals surface area contributed by atoms with Crippen molar-refractivity contribution in [1.29, 1.82) is 0 Å². The summed E-state index contributed by atoms with van der Waals surface area (Å²) in [4.78, 5) is 108. The van der Waals surface area contributed by atoms with Gasteiger partial charge in [-0.15, -0.1) is 0 Å². The molecule has 0 aromatic rings. The second-order valence-corrected chi connectivity index (χ2v) is 17.0. The van der Waals surface area contributed by atoms with Crippen molar-refractivity contribution in [3.63, 3.8) is 0 Å². The molecule has 17 nitrogen and oxygen atoms in total. The standard InChI is InChI=1S/C39H68N8O9/c1-20(2)17-26(40)38(54)46-15-11-13-29(46)35(51)45-31(23(7)8)36(52)44-28(19-22(5)6)34(50)43-27(18-21(3)4)33(49)41-24(9)32(48)42-25(10)37(53)47-16-12-14-30(47)39(55)56/h20-31H,11-19,40H2,1-10H3,(H,41,49)(H,42,48)(H,43,50)(H,44,52)(H,45,51)(H,55,56). The second kappa shape index (κ2) is 21.9. The lowest BCUT2D eigenvalue weighted by molar-refractivity contribution is -0.149. The Morgan fingerprint density at radius 2 is 1.02 bits per heavy atom. The van der Waals surface area contributed by atoms with Crippen LogP contribution in [0.2, 0.25) is 0 Å². The molecule has 0 saturated carbocycles. The van der Waals surface area contributed by atoms with Crippen LogP contribution in [0.4, 0.5) is 0 Å². The summed E-state index contributed by atoms with van der Waals surface area (Å²) >= 11 is 0. The molecule has 8 atom stereocenters. The zero-order valence-corrected chi connectivity index (χ0v) is 35.0. The van der Waals surface area contributed by atoms with E-state index in [1.807, 2.05) is 41.5 Å². The summed E-state index contributed by atoms with van der Waals surface area (Å²) in [6.07, 6.45) is 2.81. The van der Waals surface area contributed by atoms with E-state index in [1.54, 1.807) is 13.8 Å². The molecular formula is C39H68N8O9. The van der Waals surface area contributed by atoms with E-state index < -0.39 is 89.7 Å². The number of rotatable bonds is 20. The van der Waals surface area contributed by atoms with Gasteiger partial charge in [-0.1, -0.05) is 55.4 Å². The number of carbonyl (C=O) groups excluding carboxylic acids is 7. The van der Waals surface area contributed by atoms with Crippen molar-refractivity contribution in [3.8, 4) is 0 Å². The van der Waals surface area contributed by atoms with E-state index in [9.17, 15) is 43.5 Å². The first-order valence-corrected chi connectivity index (χ1v) is 20.2. The topological polar surface area (TPSA) is 249 Å². The molecule has 8 N–H and O–H groups in total. The third-order valence-corrected chi connectivity index (χ3v) is 10.1. The van der Waals surface area contributed by atoms with Gasteiger partial charge in [-0.3, -0.25) is 33.6 Å². The van der Waals surface area contributed by atoms with Gasteiger partial charge < -0.3 is 47.2 Å². The minimum absolute atomic E-state index is 0.0524. The molecule has 2 aliphatic heterocycles. The molecule has 318 valence electrons. The van der Waals surface area contributed by atoms with E-state index >= 15 is 0 Å². The average Bonchev–Trinajstić information content (AvgIpc) is 3.79. The average molecular weight is 793 g/mol. The molecule has 0 bridgehead atoms. The molecule has 0 aliphatic carbocycles. The predicted molar refractivity (Wildman–Crippen MR) is 209 cm³/mol. The van der Waals surface area contributed by atoms with Gasteiger partial charge in [-0.2, -0.15) is 0 Å². The van der Waals surface area contributed by atoms with Crippen molar-refractivity contribution < 1.29 is 43.5 Å². The monoisotopic (exact) mass is 793 g/mol. The molecule has 7 amide bonds. The van der Waals surface area contributed by atoms with Crippen LogP contribution >= 0.6 is 0 Å². The van der Waals surface area contributed by atoms with Crippen LogP contribution in [0.3, 0.4) is 0 Å². The molecule has 0 spiro atoms. The van der Waals surface area contributed by atoms with Crippen LogP contribution in [-0.2, 0) is 38.4 Å². The highest BCUT2D eigenvalue weighted by Crippen LogP contribution is 2.21. The van der Waals surface area contributed by atoms with Gasteiger partial charge in [0.15, 0.2) is 0 Å². The fraction of sp³-hybridized carbons (Fsp3) is 0.795. The maximum Gasteiger partial charge on any atom is 0.326 e. The number of carbonyl (C=O) groups is 8. The van der Waals surface area contributed by atoms with Crippen LogP contribution in [0.5, 0.6) is 0 Å². The van der Waals surface area contributed by atoms with Crippen molar-refractivity contribution in [2.75, 3.05) is 13.1 Å². The molecule has 2 heterocycles. The summed E-state index contributed by atoms with van der Waals surface area (Å²) in [5, 5.41) is 22.9. The third-order valence-electron chi connectivity index (χ3n) is 10.1. The Morgan fingerprint density at radius 1 is 0.571 bits per heavy atom. The van der Waals surface area contributed by atoms with Crippen molar-refractivity contribution in [2.24, 2.45) is 29.4 Å². The van der Waals surface area contributed by atoms with E-state index in [1.165, 1.54) is 23.6 Å². The molecule has 17 heteroatoms. The first kappa shape index (κ1) is 47.9. The molecular weight excluding hydrogens is 724 g/mol. The number of likely N-dealkylation sites (tertiary alicyclic amines) is 2. The predicted octanol–water partition coefficient (Wildman–Crippen LogP) is 0.638. The van der Waals surface area contributed by atoms with Gasteiger partial charge in [0.2, 0.25) is 41.4 Å². The van der Waals surface area contributed by atoms with Crippen molar-refractivity contribution in [3.05, 3.63) is 0 Å². The molecule has 2 aliphatic rings. The summed E-state index contributed by atoms with van der Waals surface area (Å²) in [6.45, 7) is 18.4. The Kier molecular flexibility index (Phi) is 18.7. The fourth-order valence-corrected chi connectivity index (χ4v) is 7.16. The van der Waals surface area contributed by atoms with E-state index in [0.717, 1.165) is 0 Å². The molecule has 0 aromatic heterocycles. The number of amides is 7. The highest BCUT2D eigenvalue weighted by atomic mass is 16.4. The zero-order chi connectivity index (χ0) is 42.6. The quantitative estimate of drug-likeness (QED) is 0.0907. The lowest BCUT2D eigenvalue weighted by Crippen LogP contribution is -2.60. The van der Waals surface area contributed by atoms with Crippen molar-refractivity contribution in [1.82, 2.24) is 36.4 Å². The van der Waals surface area contributed by atoms with Crippen LogP contribution in [0.25, 0.3) is 0 Å². The number of nitrogens with one attached hydrogen (secondary N) is 5. The van der Waals surface area contributed by atoms with Gasteiger partial charge in [0, 0.05) is 13.1 Å². The molecule has 2 fully saturated rings. The van der Waals surface area contributed by atoms with E-state index in [-0.39, 0.29) is 49.0 Å². The molecule has 0 radical (unpaired) electrons. The lowest BCUT2D eigenvalue weighted by Gasteiger charge is -2.31. The van der Waals surface area contributed by atoms with E-state index in [0.29, 0.717) is 38.6 Å². The Morgan fingerprint density at radius 3 is 1.50 bits per heavy atom. The Labute approximate surface area is 331 Å². The van der Waals surface area contributed by atoms with Crippen molar-refractivity contribution >= 4 is 47.3 Å². The SMILES string of the molecule is CC(C)CC(N)C(=O)N1CCCC1C(=O)NC(C(=O)NC(CC(C)C)C(=O)NC(CC(C)C)C(=O)NC(C)C(=O)NC(C)C(=O)N1CCCC1C(=O)O)C(C)C. The Bertz CT molecular complexity index is 1420. The van der Waals surface area contributed by atoms with Crippen LogP contribution in [0.15, 0.2) is 0 Å². The first-order chi connectivity index (χ1) is 26.0. The van der Waals surface area contributed by atoms with E-state index in [2.05, 4.69) is 26.6 Å². The van der Waals surface area contributed by atoms with E-state index in [4.69, 9.17) is 5.73 Å². The molecule has 2 rings (SSSR count). The summed E-state index contributed by atoms with van der Waals surface area (Å²) in [6, 6.07) is -7.82. The van der Waals surface area contributed by atoms with Crippen LogP contribution in [0, 0.1) is 23.7 Å². The number of hydrogen-bond donors (Lipinski definition) is 7. The maximum absolute atomic E-state index is 13.8. The molecule has 0 aromatic carbocycles. The minimum Gasteiger partial charge on any atom is -0.480 e. The Balaban J connectivity index is 2.13. The van der Waals surface area contributed by atoms with Crippen LogP contribution in [-0.4, -0.2) is 124 Å². The smallest absolute Gasteiger partial charge is 0.326 e. The highest BCUT2D eigenvalue weighted by molar-refractivity contribution is 5.97. The number of carboxylic acids is 1. The molecule has 56 heavy (non-hydrogen) atoms. The Hall–Kier alpha value is -4.28. The number of aliphatic carboxylic acids is 1. The van der Waals surface area contributed by atoms with Gasteiger partial charge in [0.05, 0.1) is 6.04 Å². The van der Waals surface area contributed by atoms with Gasteiger partial charge in [0.1, 0.15) is 42.3 Å². The maximum atomic E-state index is 13.8. The van der Waals surface area contributed by atoms with Crippen LogP contribution in [0.1, 0.15) is 114 Å². The zero-order valence-electron chi connectivity index (χ0n) is 35.0. The first-order valence-electron chi connectivity index (χ1n) is 20.2. The largest absolute Gasteiger partial charge is 0.480 e. The number of carboxylic acid groups (broad SMARTS) is 1. The molecule has 2 saturated heterocycles. The number of hydrogen-bond acceptors (Lipinski definition) is 9. The lowest BCUT2D eigenvalue weighted by atomic mass is 9.98. The number of nitrogens with zero attached hydrogens (tertiary/aromatic N) is 2.